The van der Waals surface area contributed by atoms with E-state index in [4.69, 9.17) is 9.84 Å². The van der Waals surface area contributed by atoms with Crippen LogP contribution in [0.2, 0.25) is 0 Å². The Labute approximate surface area is 116 Å². The Hall–Kier alpha value is -2.56. The SMILES string of the molecule is COc1cccc(C(=O)Cn2ccc(C(=O)O)c2C)c1. The number of hydrogen-bond acceptors (Lipinski definition) is 3. The number of aromatic nitrogens is 1. The molecule has 0 aliphatic heterocycles. The Bertz CT molecular complexity index is 658. The number of benzene rings is 1. The van der Waals surface area contributed by atoms with E-state index in [1.54, 1.807) is 49.1 Å². The number of carbonyl (C=O) groups excluding carboxylic acids is 1. The molecule has 1 aromatic heterocycles. The Morgan fingerprint density at radius 3 is 2.65 bits per heavy atom. The number of methoxy groups -OCH3 is 1. The van der Waals surface area contributed by atoms with Crippen molar-refractivity contribution < 1.29 is 19.4 Å². The van der Waals surface area contributed by atoms with Gasteiger partial charge in [-0.1, -0.05) is 12.1 Å². The predicted octanol–water partition coefficient (Wildman–Crippen LogP) is 2.39. The molecule has 104 valence electrons. The number of nitrogens with zero attached hydrogens (tertiary/aromatic N) is 1. The van der Waals surface area contributed by atoms with Crippen molar-refractivity contribution in [3.63, 3.8) is 0 Å². The van der Waals surface area contributed by atoms with Crippen LogP contribution in [0.1, 0.15) is 26.4 Å². The second kappa shape index (κ2) is 5.61. The number of carboxylic acid groups (broad SMARTS) is 1. The first-order valence-corrected chi connectivity index (χ1v) is 6.09. The van der Waals surface area contributed by atoms with Crippen LogP contribution >= 0.6 is 0 Å². The molecule has 0 atom stereocenters. The van der Waals surface area contributed by atoms with Crippen molar-refractivity contribution in [2.24, 2.45) is 0 Å². The summed E-state index contributed by atoms with van der Waals surface area (Å²) in [5.41, 5.74) is 1.31. The molecule has 0 radical (unpaired) electrons. The van der Waals surface area contributed by atoms with Crippen molar-refractivity contribution in [2.45, 2.75) is 13.5 Å². The van der Waals surface area contributed by atoms with Gasteiger partial charge >= 0.3 is 5.97 Å². The van der Waals surface area contributed by atoms with Gasteiger partial charge in [0.05, 0.1) is 19.2 Å². The summed E-state index contributed by atoms with van der Waals surface area (Å²) in [4.78, 5) is 23.1. The molecule has 5 heteroatoms. The van der Waals surface area contributed by atoms with Gasteiger partial charge in [-0.25, -0.2) is 4.79 Å². The third-order valence-corrected chi connectivity index (χ3v) is 3.18. The number of ether oxygens (including phenoxy) is 1. The number of Topliss-reactive ketones (excluding diaryl/α,β-unsaturated/α-hetero) is 1. The summed E-state index contributed by atoms with van der Waals surface area (Å²) in [5.74, 6) is -0.471. The molecule has 1 aromatic carbocycles. The van der Waals surface area contributed by atoms with E-state index in [2.05, 4.69) is 0 Å². The van der Waals surface area contributed by atoms with E-state index >= 15 is 0 Å². The van der Waals surface area contributed by atoms with E-state index < -0.39 is 5.97 Å². The third kappa shape index (κ3) is 2.71. The van der Waals surface area contributed by atoms with Gasteiger partial charge in [-0.05, 0) is 25.1 Å². The van der Waals surface area contributed by atoms with E-state index in [1.807, 2.05) is 0 Å². The first kappa shape index (κ1) is 13.9. The van der Waals surface area contributed by atoms with Gasteiger partial charge in [0.15, 0.2) is 5.78 Å². The minimum atomic E-state index is -0.991. The molecule has 0 aliphatic rings. The van der Waals surface area contributed by atoms with Crippen LogP contribution in [0.3, 0.4) is 0 Å². The molecule has 2 rings (SSSR count). The zero-order valence-electron chi connectivity index (χ0n) is 11.3. The van der Waals surface area contributed by atoms with Gasteiger partial charge in [0.25, 0.3) is 0 Å². The highest BCUT2D eigenvalue weighted by Gasteiger charge is 2.14. The van der Waals surface area contributed by atoms with Crippen LogP contribution in [0.25, 0.3) is 0 Å². The quantitative estimate of drug-likeness (QED) is 0.849. The van der Waals surface area contributed by atoms with Gasteiger partial charge in [0.1, 0.15) is 5.75 Å². The molecular weight excluding hydrogens is 258 g/mol. The van der Waals surface area contributed by atoms with E-state index in [-0.39, 0.29) is 17.9 Å². The van der Waals surface area contributed by atoms with Crippen molar-refractivity contribution in [1.29, 1.82) is 0 Å². The van der Waals surface area contributed by atoms with Gasteiger partial charge in [-0.3, -0.25) is 4.79 Å². The average molecular weight is 273 g/mol. The van der Waals surface area contributed by atoms with Crippen molar-refractivity contribution in [3.8, 4) is 5.75 Å². The molecule has 0 unspecified atom stereocenters. The smallest absolute Gasteiger partial charge is 0.337 e. The van der Waals surface area contributed by atoms with Crippen molar-refractivity contribution in [3.05, 3.63) is 53.3 Å². The van der Waals surface area contributed by atoms with Crippen LogP contribution in [0.4, 0.5) is 0 Å². The maximum atomic E-state index is 12.2. The largest absolute Gasteiger partial charge is 0.497 e. The molecule has 5 nitrogen and oxygen atoms in total. The summed E-state index contributed by atoms with van der Waals surface area (Å²) in [6.07, 6.45) is 1.61. The Kier molecular flexibility index (Phi) is 3.89. The summed E-state index contributed by atoms with van der Waals surface area (Å²) in [6, 6.07) is 8.38. The van der Waals surface area contributed by atoms with Crippen LogP contribution in [-0.2, 0) is 6.54 Å². The number of ketones is 1. The molecule has 1 heterocycles. The van der Waals surface area contributed by atoms with Crippen LogP contribution in [0.5, 0.6) is 5.75 Å². The molecule has 2 aromatic rings. The highest BCUT2D eigenvalue weighted by molar-refractivity contribution is 5.96. The summed E-state index contributed by atoms with van der Waals surface area (Å²) in [5, 5.41) is 8.98. The van der Waals surface area contributed by atoms with Crippen molar-refractivity contribution in [1.82, 2.24) is 4.57 Å². The maximum Gasteiger partial charge on any atom is 0.337 e. The lowest BCUT2D eigenvalue weighted by atomic mass is 10.1. The molecule has 0 saturated carbocycles. The molecule has 0 saturated heterocycles. The summed E-state index contributed by atoms with van der Waals surface area (Å²) >= 11 is 0. The average Bonchev–Trinajstić information content (AvgIpc) is 2.80. The predicted molar refractivity (Wildman–Crippen MR) is 73.5 cm³/mol. The second-order valence-electron chi connectivity index (χ2n) is 4.40. The fraction of sp³-hybridized carbons (Fsp3) is 0.200. The van der Waals surface area contributed by atoms with Crippen LogP contribution in [0, 0.1) is 6.92 Å². The molecule has 0 aliphatic carbocycles. The van der Waals surface area contributed by atoms with Crippen LogP contribution in [-0.4, -0.2) is 28.5 Å². The minimum absolute atomic E-state index is 0.0976. The molecule has 0 amide bonds. The number of hydrogen-bond donors (Lipinski definition) is 1. The first-order valence-electron chi connectivity index (χ1n) is 6.09. The van der Waals surface area contributed by atoms with E-state index in [9.17, 15) is 9.59 Å². The number of rotatable bonds is 5. The Morgan fingerprint density at radius 2 is 2.05 bits per heavy atom. The van der Waals surface area contributed by atoms with Crippen LogP contribution < -0.4 is 4.74 Å². The molecule has 1 N–H and O–H groups in total. The molecule has 0 bridgehead atoms. The Morgan fingerprint density at radius 1 is 1.30 bits per heavy atom. The van der Waals surface area contributed by atoms with Crippen molar-refractivity contribution >= 4 is 11.8 Å². The molecular formula is C15H15NO4. The monoisotopic (exact) mass is 273 g/mol. The van der Waals surface area contributed by atoms with Gasteiger partial charge in [-0.15, -0.1) is 0 Å². The fourth-order valence-electron chi connectivity index (χ4n) is 1.99. The standard InChI is InChI=1S/C15H15NO4/c1-10-13(15(18)19)6-7-16(10)9-14(17)11-4-3-5-12(8-11)20-2/h3-8H,9H2,1-2H3,(H,18,19). The zero-order chi connectivity index (χ0) is 14.7. The molecule has 0 fully saturated rings. The lowest BCUT2D eigenvalue weighted by Gasteiger charge is -2.07. The normalized spacial score (nSPS) is 10.3. The van der Waals surface area contributed by atoms with E-state index in [0.717, 1.165) is 0 Å². The topological polar surface area (TPSA) is 68.5 Å². The van der Waals surface area contributed by atoms with Crippen molar-refractivity contribution in [2.75, 3.05) is 7.11 Å². The van der Waals surface area contributed by atoms with Gasteiger partial charge in [0.2, 0.25) is 0 Å². The highest BCUT2D eigenvalue weighted by Crippen LogP contribution is 2.15. The van der Waals surface area contributed by atoms with Gasteiger partial charge in [-0.2, -0.15) is 0 Å². The second-order valence-corrected chi connectivity index (χ2v) is 4.40. The number of aromatic carboxylic acids is 1. The first-order chi connectivity index (χ1) is 9.52. The summed E-state index contributed by atoms with van der Waals surface area (Å²) in [7, 11) is 1.54. The third-order valence-electron chi connectivity index (χ3n) is 3.18. The lowest BCUT2D eigenvalue weighted by molar-refractivity contribution is 0.0695. The fourth-order valence-corrected chi connectivity index (χ4v) is 1.99. The van der Waals surface area contributed by atoms with E-state index in [0.29, 0.717) is 17.0 Å². The van der Waals surface area contributed by atoms with Gasteiger partial charge < -0.3 is 14.4 Å². The van der Waals surface area contributed by atoms with Gasteiger partial charge in [0, 0.05) is 17.5 Å². The summed E-state index contributed by atoms with van der Waals surface area (Å²) in [6.45, 7) is 1.79. The van der Waals surface area contributed by atoms with E-state index in [1.165, 1.54) is 6.07 Å². The number of carboxylic acids is 1. The minimum Gasteiger partial charge on any atom is -0.497 e. The number of carbonyl (C=O) groups is 2. The maximum absolute atomic E-state index is 12.2. The highest BCUT2D eigenvalue weighted by atomic mass is 16.5. The molecule has 20 heavy (non-hydrogen) atoms. The van der Waals surface area contributed by atoms with Crippen LogP contribution in [0.15, 0.2) is 36.5 Å². The molecule has 0 spiro atoms. The Balaban J connectivity index is 2.21. The lowest BCUT2D eigenvalue weighted by Crippen LogP contribution is -2.12. The zero-order valence-corrected chi connectivity index (χ0v) is 11.3. The summed E-state index contributed by atoms with van der Waals surface area (Å²) < 4.78 is 6.71.